The summed E-state index contributed by atoms with van der Waals surface area (Å²) in [6, 6.07) is 27.5. The molecule has 4 N–H and O–H groups in total. The Kier molecular flexibility index (Phi) is 8.86. The Balaban J connectivity index is 1.54. The summed E-state index contributed by atoms with van der Waals surface area (Å²) >= 11 is 5.69. The smallest absolute Gasteiger partial charge is 0.268 e. The average Bonchev–Trinajstić information content (AvgIpc) is 3.60. The number of rotatable bonds is 9. The first-order valence-electron chi connectivity index (χ1n) is 14.2. The molecule has 6 aromatic rings. The quantitative estimate of drug-likeness (QED) is 0.112. The van der Waals surface area contributed by atoms with Crippen molar-refractivity contribution in [2.75, 3.05) is 7.11 Å². The summed E-state index contributed by atoms with van der Waals surface area (Å²) in [6.07, 6.45) is 0. The third-order valence-electron chi connectivity index (χ3n) is 7.77. The minimum absolute atomic E-state index is 0.324. The van der Waals surface area contributed by atoms with E-state index >= 15 is 0 Å². The van der Waals surface area contributed by atoms with E-state index in [9.17, 15) is 9.59 Å². The molecule has 0 bridgehead atoms. The number of H-pyrrole nitrogens is 4. The fraction of sp³-hybridized carbons (Fsp3) is 0.143. The molecule has 0 spiro atoms. The molecule has 4 aromatic carbocycles. The standard InChI is InChI=1S/C35H30BrIN4O4/c1-19-4-10-22(11-5-19)31-29(34(42)40-38-31)28(30-32(39-41-35(30)43)23-12-6-20(2)7-13-23)24-16-26(37)33(27(17-24)44-3)45-18-21-8-14-25(36)15-9-21/h4-17,28H,18H2,1-3H3,(H2,38,40,42)(H2,39,41,43). The molecule has 0 saturated carbocycles. The number of benzene rings is 4. The number of halogens is 2. The highest BCUT2D eigenvalue weighted by Gasteiger charge is 2.32. The number of hydrogen-bond donors (Lipinski definition) is 4. The van der Waals surface area contributed by atoms with Gasteiger partial charge in [0.1, 0.15) is 6.61 Å². The van der Waals surface area contributed by atoms with Gasteiger partial charge in [0.15, 0.2) is 11.5 Å². The summed E-state index contributed by atoms with van der Waals surface area (Å²) in [4.78, 5) is 27.4. The predicted octanol–water partition coefficient (Wildman–Crippen LogP) is 7.81. The molecule has 0 unspecified atom stereocenters. The van der Waals surface area contributed by atoms with Crippen molar-refractivity contribution in [1.82, 2.24) is 20.4 Å². The maximum Gasteiger partial charge on any atom is 0.268 e. The van der Waals surface area contributed by atoms with Crippen molar-refractivity contribution in [3.63, 3.8) is 0 Å². The number of methoxy groups -OCH3 is 1. The second-order valence-electron chi connectivity index (χ2n) is 10.8. The lowest BCUT2D eigenvalue weighted by Gasteiger charge is -2.21. The zero-order valence-corrected chi connectivity index (χ0v) is 28.5. The van der Waals surface area contributed by atoms with Crippen molar-refractivity contribution in [1.29, 1.82) is 0 Å². The van der Waals surface area contributed by atoms with E-state index in [1.807, 2.05) is 98.8 Å². The van der Waals surface area contributed by atoms with Crippen LogP contribution >= 0.6 is 38.5 Å². The van der Waals surface area contributed by atoms with Crippen molar-refractivity contribution in [2.24, 2.45) is 0 Å². The van der Waals surface area contributed by atoms with Gasteiger partial charge >= 0.3 is 0 Å². The molecule has 0 amide bonds. The fourth-order valence-electron chi connectivity index (χ4n) is 5.44. The molecule has 8 nitrogen and oxygen atoms in total. The molecule has 45 heavy (non-hydrogen) atoms. The molecule has 6 rings (SSSR count). The number of nitrogens with one attached hydrogen (secondary N) is 4. The summed E-state index contributed by atoms with van der Waals surface area (Å²) in [7, 11) is 1.58. The van der Waals surface area contributed by atoms with E-state index in [-0.39, 0.29) is 11.1 Å². The van der Waals surface area contributed by atoms with Crippen LogP contribution in [0.3, 0.4) is 0 Å². The van der Waals surface area contributed by atoms with Gasteiger partial charge < -0.3 is 9.47 Å². The number of hydrogen-bond acceptors (Lipinski definition) is 4. The monoisotopic (exact) mass is 776 g/mol. The number of ether oxygens (including phenoxy) is 2. The number of aromatic nitrogens is 4. The van der Waals surface area contributed by atoms with Gasteiger partial charge in [0, 0.05) is 10.4 Å². The Bertz CT molecular complexity index is 1980. The maximum absolute atomic E-state index is 13.7. The van der Waals surface area contributed by atoms with Gasteiger partial charge in [0.2, 0.25) is 0 Å². The molecule has 228 valence electrons. The van der Waals surface area contributed by atoms with E-state index in [4.69, 9.17) is 9.47 Å². The van der Waals surface area contributed by atoms with Crippen molar-refractivity contribution >= 4 is 38.5 Å². The Labute approximate surface area is 281 Å². The van der Waals surface area contributed by atoms with Gasteiger partial charge in [-0.05, 0) is 83.0 Å². The highest BCUT2D eigenvalue weighted by molar-refractivity contribution is 14.1. The largest absolute Gasteiger partial charge is 0.493 e. The van der Waals surface area contributed by atoms with E-state index < -0.39 is 5.92 Å². The highest BCUT2D eigenvalue weighted by atomic mass is 127. The van der Waals surface area contributed by atoms with Gasteiger partial charge in [-0.25, -0.2) is 0 Å². The normalized spacial score (nSPS) is 11.2. The van der Waals surface area contributed by atoms with Gasteiger partial charge in [-0.15, -0.1) is 0 Å². The zero-order valence-electron chi connectivity index (χ0n) is 24.8. The average molecular weight is 777 g/mol. The van der Waals surface area contributed by atoms with Crippen LogP contribution < -0.4 is 20.6 Å². The molecule has 0 aliphatic rings. The summed E-state index contributed by atoms with van der Waals surface area (Å²) in [5, 5.41) is 11.7. The molecule has 0 saturated heterocycles. The molecule has 0 fully saturated rings. The Morgan fingerprint density at radius 3 is 1.73 bits per heavy atom. The van der Waals surface area contributed by atoms with Crippen molar-refractivity contribution < 1.29 is 9.47 Å². The lowest BCUT2D eigenvalue weighted by Crippen LogP contribution is -2.20. The third-order valence-corrected chi connectivity index (χ3v) is 9.10. The molecule has 0 aliphatic carbocycles. The van der Waals surface area contributed by atoms with Crippen LogP contribution in [0, 0.1) is 17.4 Å². The van der Waals surface area contributed by atoms with Crippen LogP contribution in [-0.4, -0.2) is 27.5 Å². The summed E-state index contributed by atoms with van der Waals surface area (Å²) in [5.41, 5.74) is 6.91. The van der Waals surface area contributed by atoms with Gasteiger partial charge in [-0.2, -0.15) is 0 Å². The highest BCUT2D eigenvalue weighted by Crippen LogP contribution is 2.43. The molecule has 0 radical (unpaired) electrons. The molecular weight excluding hydrogens is 747 g/mol. The number of aromatic amines is 4. The van der Waals surface area contributed by atoms with Gasteiger partial charge in [0.25, 0.3) is 11.1 Å². The van der Waals surface area contributed by atoms with E-state index in [0.29, 0.717) is 46.2 Å². The Morgan fingerprint density at radius 2 is 1.24 bits per heavy atom. The van der Waals surface area contributed by atoms with Gasteiger partial charge in [0.05, 0.1) is 33.2 Å². The minimum atomic E-state index is -0.773. The van der Waals surface area contributed by atoms with Crippen LogP contribution in [-0.2, 0) is 6.61 Å². The predicted molar refractivity (Wildman–Crippen MR) is 188 cm³/mol. The van der Waals surface area contributed by atoms with Gasteiger partial charge in [-0.3, -0.25) is 30.0 Å². The maximum atomic E-state index is 13.7. The molecule has 10 heteroatoms. The summed E-state index contributed by atoms with van der Waals surface area (Å²) < 4.78 is 13.9. The van der Waals surface area contributed by atoms with Crippen LogP contribution in [0.1, 0.15) is 39.3 Å². The second-order valence-corrected chi connectivity index (χ2v) is 12.9. The lowest BCUT2D eigenvalue weighted by molar-refractivity contribution is 0.282. The first kappa shape index (κ1) is 30.7. The topological polar surface area (TPSA) is 116 Å². The van der Waals surface area contributed by atoms with E-state index in [1.54, 1.807) is 7.11 Å². The van der Waals surface area contributed by atoms with Gasteiger partial charge in [-0.1, -0.05) is 87.7 Å². The van der Waals surface area contributed by atoms with E-state index in [2.05, 4.69) is 58.9 Å². The molecule has 2 aromatic heterocycles. The van der Waals surface area contributed by atoms with Crippen molar-refractivity contribution in [3.8, 4) is 34.0 Å². The first-order valence-corrected chi connectivity index (χ1v) is 16.1. The summed E-state index contributed by atoms with van der Waals surface area (Å²) in [5.74, 6) is 0.296. The molecular formula is C35H30BrIN4O4. The summed E-state index contributed by atoms with van der Waals surface area (Å²) in [6.45, 7) is 4.36. The second kappa shape index (κ2) is 13.0. The van der Waals surface area contributed by atoms with Crippen LogP contribution in [0.25, 0.3) is 22.5 Å². The van der Waals surface area contributed by atoms with Crippen molar-refractivity contribution in [3.05, 3.63) is 147 Å². The van der Waals surface area contributed by atoms with Crippen LogP contribution in [0.15, 0.2) is 99.0 Å². The van der Waals surface area contributed by atoms with Crippen LogP contribution in [0.2, 0.25) is 0 Å². The molecule has 0 atom stereocenters. The van der Waals surface area contributed by atoms with Crippen LogP contribution in [0.4, 0.5) is 0 Å². The van der Waals surface area contributed by atoms with Crippen molar-refractivity contribution in [2.45, 2.75) is 26.4 Å². The Morgan fingerprint density at radius 1 is 0.733 bits per heavy atom. The first-order chi connectivity index (χ1) is 21.7. The Hall–Kier alpha value is -4.29. The number of aryl methyl sites for hydroxylation is 2. The molecule has 0 aliphatic heterocycles. The van der Waals surface area contributed by atoms with E-state index in [0.717, 1.165) is 35.9 Å². The lowest BCUT2D eigenvalue weighted by atomic mass is 9.83. The molecule has 2 heterocycles. The van der Waals surface area contributed by atoms with Crippen LogP contribution in [0.5, 0.6) is 11.5 Å². The van der Waals surface area contributed by atoms with E-state index in [1.165, 1.54) is 0 Å². The SMILES string of the molecule is COc1cc(C(c2c(-c3ccc(C)cc3)[nH][nH]c2=O)c2c(-c3ccc(C)cc3)[nH][nH]c2=O)cc(I)c1OCc1ccc(Br)cc1. The third kappa shape index (κ3) is 6.30. The fourth-order valence-corrected chi connectivity index (χ4v) is 6.49. The zero-order chi connectivity index (χ0) is 31.7. The minimum Gasteiger partial charge on any atom is -0.493 e.